The molecule has 0 spiro atoms. The minimum Gasteiger partial charge on any atom is -0.352 e. The first-order valence-corrected chi connectivity index (χ1v) is 9.21. The van der Waals surface area contributed by atoms with Crippen LogP contribution in [0.1, 0.15) is 68.8 Å². The zero-order valence-electron chi connectivity index (χ0n) is 15.0. The second-order valence-electron chi connectivity index (χ2n) is 7.07. The molecule has 0 radical (unpaired) electrons. The Morgan fingerprint density at radius 1 is 1.17 bits per heavy atom. The molecule has 128 valence electrons. The predicted octanol–water partition coefficient (Wildman–Crippen LogP) is 4.23. The van der Waals surface area contributed by atoms with Gasteiger partial charge in [0.1, 0.15) is 0 Å². The lowest BCUT2D eigenvalue weighted by Crippen LogP contribution is -2.30. The van der Waals surface area contributed by atoms with Crippen LogP contribution in [0.25, 0.3) is 0 Å². The van der Waals surface area contributed by atoms with Crippen molar-refractivity contribution in [2.24, 2.45) is 5.92 Å². The molecule has 0 heterocycles. The van der Waals surface area contributed by atoms with Crippen LogP contribution < -0.4 is 5.32 Å². The van der Waals surface area contributed by atoms with Crippen molar-refractivity contribution < 1.29 is 4.79 Å². The summed E-state index contributed by atoms with van der Waals surface area (Å²) in [5.41, 5.74) is 2.04. The Morgan fingerprint density at radius 2 is 1.83 bits per heavy atom. The highest BCUT2D eigenvalue weighted by Gasteiger charge is 2.15. The standard InChI is InChI=1S/C20H32N2O/c1-4-22(16(2)3)15-18-10-12-19(13-11-18)20(23)21-14-17-8-6-5-7-9-17/h10-13,16-17H,4-9,14-15H2,1-3H3,(H,21,23). The van der Waals surface area contributed by atoms with Gasteiger partial charge < -0.3 is 5.32 Å². The Kier molecular flexibility index (Phi) is 7.10. The molecule has 0 aliphatic heterocycles. The normalized spacial score (nSPS) is 16.0. The highest BCUT2D eigenvalue weighted by atomic mass is 16.1. The Morgan fingerprint density at radius 3 is 2.39 bits per heavy atom. The lowest BCUT2D eigenvalue weighted by atomic mass is 9.89. The molecule has 0 atom stereocenters. The third-order valence-electron chi connectivity index (χ3n) is 5.01. The van der Waals surface area contributed by atoms with Gasteiger partial charge in [-0.2, -0.15) is 0 Å². The summed E-state index contributed by atoms with van der Waals surface area (Å²) in [6.45, 7) is 9.44. The van der Waals surface area contributed by atoms with Crippen molar-refractivity contribution in [3.8, 4) is 0 Å². The third-order valence-corrected chi connectivity index (χ3v) is 5.01. The number of benzene rings is 1. The van der Waals surface area contributed by atoms with E-state index in [1.165, 1.54) is 37.7 Å². The van der Waals surface area contributed by atoms with E-state index in [2.05, 4.69) is 43.1 Å². The molecule has 3 nitrogen and oxygen atoms in total. The highest BCUT2D eigenvalue weighted by molar-refractivity contribution is 5.94. The predicted molar refractivity (Wildman–Crippen MR) is 96.6 cm³/mol. The van der Waals surface area contributed by atoms with Gasteiger partial charge in [-0.15, -0.1) is 0 Å². The Hall–Kier alpha value is -1.35. The molecule has 1 aromatic carbocycles. The molecular formula is C20H32N2O. The van der Waals surface area contributed by atoms with E-state index in [1.54, 1.807) is 0 Å². The summed E-state index contributed by atoms with van der Waals surface area (Å²) in [5, 5.41) is 3.11. The largest absolute Gasteiger partial charge is 0.352 e. The van der Waals surface area contributed by atoms with Gasteiger partial charge in [0.05, 0.1) is 0 Å². The van der Waals surface area contributed by atoms with E-state index < -0.39 is 0 Å². The van der Waals surface area contributed by atoms with E-state index in [1.807, 2.05) is 12.1 Å². The van der Waals surface area contributed by atoms with Gasteiger partial charge in [0, 0.05) is 24.7 Å². The zero-order valence-corrected chi connectivity index (χ0v) is 15.0. The Labute approximate surface area is 141 Å². The molecule has 1 saturated carbocycles. The summed E-state index contributed by atoms with van der Waals surface area (Å²) in [6.07, 6.45) is 6.53. The van der Waals surface area contributed by atoms with Gasteiger partial charge in [0.25, 0.3) is 5.91 Å². The number of nitrogens with one attached hydrogen (secondary N) is 1. The first-order chi connectivity index (χ1) is 11.1. The van der Waals surface area contributed by atoms with Crippen LogP contribution in [0.2, 0.25) is 0 Å². The van der Waals surface area contributed by atoms with Crippen LogP contribution in [-0.2, 0) is 6.54 Å². The molecule has 1 N–H and O–H groups in total. The van der Waals surface area contributed by atoms with E-state index in [0.717, 1.165) is 25.2 Å². The molecule has 23 heavy (non-hydrogen) atoms. The van der Waals surface area contributed by atoms with Gasteiger partial charge >= 0.3 is 0 Å². The topological polar surface area (TPSA) is 32.3 Å². The summed E-state index contributed by atoms with van der Waals surface area (Å²) >= 11 is 0. The lowest BCUT2D eigenvalue weighted by Gasteiger charge is -2.24. The Balaban J connectivity index is 1.84. The van der Waals surface area contributed by atoms with Crippen molar-refractivity contribution >= 4 is 5.91 Å². The van der Waals surface area contributed by atoms with Gasteiger partial charge in [-0.05, 0) is 56.8 Å². The smallest absolute Gasteiger partial charge is 0.251 e. The maximum absolute atomic E-state index is 12.3. The fourth-order valence-corrected chi connectivity index (χ4v) is 3.39. The number of hydrogen-bond acceptors (Lipinski definition) is 2. The van der Waals surface area contributed by atoms with E-state index in [-0.39, 0.29) is 5.91 Å². The van der Waals surface area contributed by atoms with Crippen LogP contribution in [-0.4, -0.2) is 29.9 Å². The summed E-state index contributed by atoms with van der Waals surface area (Å²) in [6, 6.07) is 8.62. The van der Waals surface area contributed by atoms with Crippen LogP contribution in [0.15, 0.2) is 24.3 Å². The summed E-state index contributed by atoms with van der Waals surface area (Å²) in [5.74, 6) is 0.745. The van der Waals surface area contributed by atoms with E-state index >= 15 is 0 Å². The second-order valence-corrected chi connectivity index (χ2v) is 7.07. The number of hydrogen-bond donors (Lipinski definition) is 1. The van der Waals surface area contributed by atoms with Crippen LogP contribution in [0, 0.1) is 5.92 Å². The van der Waals surface area contributed by atoms with E-state index in [9.17, 15) is 4.79 Å². The maximum Gasteiger partial charge on any atom is 0.251 e. The molecule has 0 aromatic heterocycles. The summed E-state index contributed by atoms with van der Waals surface area (Å²) in [4.78, 5) is 14.7. The van der Waals surface area contributed by atoms with Crippen molar-refractivity contribution in [3.05, 3.63) is 35.4 Å². The minimum absolute atomic E-state index is 0.0679. The van der Waals surface area contributed by atoms with Gasteiger partial charge in [-0.25, -0.2) is 0 Å². The van der Waals surface area contributed by atoms with Crippen molar-refractivity contribution in [3.63, 3.8) is 0 Å². The fourth-order valence-electron chi connectivity index (χ4n) is 3.39. The van der Waals surface area contributed by atoms with Crippen molar-refractivity contribution in [2.45, 2.75) is 65.5 Å². The van der Waals surface area contributed by atoms with E-state index in [0.29, 0.717) is 12.0 Å². The van der Waals surface area contributed by atoms with E-state index in [4.69, 9.17) is 0 Å². The van der Waals surface area contributed by atoms with Gasteiger partial charge in [0.15, 0.2) is 0 Å². The summed E-state index contributed by atoms with van der Waals surface area (Å²) < 4.78 is 0. The average Bonchev–Trinajstić information content (AvgIpc) is 2.58. The third kappa shape index (κ3) is 5.65. The van der Waals surface area contributed by atoms with Crippen LogP contribution >= 0.6 is 0 Å². The molecular weight excluding hydrogens is 284 g/mol. The maximum atomic E-state index is 12.3. The first kappa shape index (κ1) is 18.0. The SMILES string of the molecule is CCN(Cc1ccc(C(=O)NCC2CCCCC2)cc1)C(C)C. The Bertz CT molecular complexity index is 475. The highest BCUT2D eigenvalue weighted by Crippen LogP contribution is 2.22. The molecule has 2 rings (SSSR count). The number of carbonyl (C=O) groups excluding carboxylic acids is 1. The van der Waals surface area contributed by atoms with Crippen molar-refractivity contribution in [2.75, 3.05) is 13.1 Å². The van der Waals surface area contributed by atoms with Crippen LogP contribution in [0.5, 0.6) is 0 Å². The van der Waals surface area contributed by atoms with Crippen LogP contribution in [0.3, 0.4) is 0 Å². The number of amides is 1. The second kappa shape index (κ2) is 9.07. The van der Waals surface area contributed by atoms with Gasteiger partial charge in [0.2, 0.25) is 0 Å². The van der Waals surface area contributed by atoms with Crippen molar-refractivity contribution in [1.29, 1.82) is 0 Å². The van der Waals surface area contributed by atoms with Gasteiger partial charge in [-0.3, -0.25) is 9.69 Å². The fraction of sp³-hybridized carbons (Fsp3) is 0.650. The number of nitrogens with zero attached hydrogens (tertiary/aromatic N) is 1. The first-order valence-electron chi connectivity index (χ1n) is 9.21. The molecule has 3 heteroatoms. The monoisotopic (exact) mass is 316 g/mol. The molecule has 1 amide bonds. The number of carbonyl (C=O) groups is 1. The minimum atomic E-state index is 0.0679. The molecule has 1 fully saturated rings. The van der Waals surface area contributed by atoms with Crippen molar-refractivity contribution in [1.82, 2.24) is 10.2 Å². The molecule has 1 aliphatic rings. The average molecular weight is 316 g/mol. The molecule has 0 unspecified atom stereocenters. The van der Waals surface area contributed by atoms with Gasteiger partial charge in [-0.1, -0.05) is 38.3 Å². The molecule has 1 aromatic rings. The molecule has 0 saturated heterocycles. The lowest BCUT2D eigenvalue weighted by molar-refractivity contribution is 0.0943. The zero-order chi connectivity index (χ0) is 16.7. The molecule has 0 bridgehead atoms. The number of rotatable bonds is 7. The van der Waals surface area contributed by atoms with Crippen LogP contribution in [0.4, 0.5) is 0 Å². The quantitative estimate of drug-likeness (QED) is 0.816. The summed E-state index contributed by atoms with van der Waals surface area (Å²) in [7, 11) is 0. The molecule has 1 aliphatic carbocycles.